The highest BCUT2D eigenvalue weighted by atomic mass is 35.5. The monoisotopic (exact) mass is 281 g/mol. The van der Waals surface area contributed by atoms with Gasteiger partial charge in [0.1, 0.15) is 0 Å². The maximum Gasteiger partial charge on any atom is 0.203 e. The molecule has 0 bridgehead atoms. The normalized spacial score (nSPS) is 25.1. The Morgan fingerprint density at radius 2 is 1.89 bits per heavy atom. The van der Waals surface area contributed by atoms with Crippen LogP contribution >= 0.6 is 11.6 Å². The van der Waals surface area contributed by atoms with E-state index in [0.717, 1.165) is 25.4 Å². The minimum atomic E-state index is 0.701. The van der Waals surface area contributed by atoms with Crippen molar-refractivity contribution in [3.8, 4) is 0 Å². The molecular weight excluding hydrogens is 258 g/mol. The van der Waals surface area contributed by atoms with Crippen LogP contribution in [0.15, 0.2) is 0 Å². The van der Waals surface area contributed by atoms with E-state index < -0.39 is 0 Å². The fourth-order valence-electron chi connectivity index (χ4n) is 3.37. The molecule has 1 aromatic heterocycles. The van der Waals surface area contributed by atoms with Crippen LogP contribution in [-0.4, -0.2) is 27.5 Å². The Kier molecular flexibility index (Phi) is 4.13. The smallest absolute Gasteiger partial charge is 0.203 e. The standard InChI is InChI=1S/C15H24ClN3/c1-12-6-9-19-14(10-12)13(17-15(19)16)11-18-7-4-2-3-5-8-18/h12H,2-11H2,1H3. The first-order valence-corrected chi connectivity index (χ1v) is 8.08. The highest BCUT2D eigenvalue weighted by Crippen LogP contribution is 2.28. The van der Waals surface area contributed by atoms with Crippen LogP contribution in [0.3, 0.4) is 0 Å². The number of nitrogens with zero attached hydrogens (tertiary/aromatic N) is 3. The van der Waals surface area contributed by atoms with Gasteiger partial charge in [-0.15, -0.1) is 0 Å². The molecule has 3 heterocycles. The Labute approximate surface area is 121 Å². The molecule has 3 nitrogen and oxygen atoms in total. The summed E-state index contributed by atoms with van der Waals surface area (Å²) >= 11 is 6.29. The highest BCUT2D eigenvalue weighted by molar-refractivity contribution is 6.28. The Morgan fingerprint density at radius 3 is 2.63 bits per heavy atom. The Morgan fingerprint density at radius 1 is 1.16 bits per heavy atom. The summed E-state index contributed by atoms with van der Waals surface area (Å²) in [5, 5.41) is 0.701. The zero-order valence-electron chi connectivity index (χ0n) is 11.9. The fraction of sp³-hybridized carbons (Fsp3) is 0.800. The number of fused-ring (bicyclic) bond motifs is 1. The summed E-state index contributed by atoms with van der Waals surface area (Å²) in [5.74, 6) is 0.767. The van der Waals surface area contributed by atoms with Gasteiger partial charge in [0.25, 0.3) is 0 Å². The molecule has 1 unspecified atom stereocenters. The van der Waals surface area contributed by atoms with Crippen LogP contribution in [0.25, 0.3) is 0 Å². The van der Waals surface area contributed by atoms with Crippen LogP contribution in [0.4, 0.5) is 0 Å². The number of aromatic nitrogens is 2. The van der Waals surface area contributed by atoms with Crippen molar-refractivity contribution in [3.63, 3.8) is 0 Å². The van der Waals surface area contributed by atoms with Crippen LogP contribution in [0, 0.1) is 5.92 Å². The maximum atomic E-state index is 6.29. The number of rotatable bonds is 2. The summed E-state index contributed by atoms with van der Waals surface area (Å²) in [7, 11) is 0. The van der Waals surface area contributed by atoms with Crippen molar-refractivity contribution in [1.29, 1.82) is 0 Å². The van der Waals surface area contributed by atoms with Gasteiger partial charge in [0.2, 0.25) is 5.28 Å². The van der Waals surface area contributed by atoms with Gasteiger partial charge in [-0.05, 0) is 56.3 Å². The molecule has 0 saturated carbocycles. The molecule has 0 radical (unpaired) electrons. The van der Waals surface area contributed by atoms with Crippen LogP contribution in [0.1, 0.15) is 50.4 Å². The van der Waals surface area contributed by atoms with E-state index in [9.17, 15) is 0 Å². The largest absolute Gasteiger partial charge is 0.319 e. The van der Waals surface area contributed by atoms with Crippen molar-refractivity contribution >= 4 is 11.6 Å². The molecule has 1 saturated heterocycles. The molecule has 3 rings (SSSR count). The van der Waals surface area contributed by atoms with Gasteiger partial charge < -0.3 is 4.57 Å². The number of likely N-dealkylation sites (tertiary alicyclic amines) is 1. The first-order chi connectivity index (χ1) is 9.24. The van der Waals surface area contributed by atoms with Crippen LogP contribution < -0.4 is 0 Å². The van der Waals surface area contributed by atoms with Crippen molar-refractivity contribution in [1.82, 2.24) is 14.5 Å². The van der Waals surface area contributed by atoms with Gasteiger partial charge in [-0.25, -0.2) is 4.98 Å². The first-order valence-electron chi connectivity index (χ1n) is 7.70. The number of hydrogen-bond acceptors (Lipinski definition) is 2. The van der Waals surface area contributed by atoms with Gasteiger partial charge in [0.05, 0.1) is 5.69 Å². The van der Waals surface area contributed by atoms with Crippen molar-refractivity contribution in [3.05, 3.63) is 16.7 Å². The molecule has 106 valence electrons. The van der Waals surface area contributed by atoms with Crippen molar-refractivity contribution in [2.45, 2.75) is 58.5 Å². The molecule has 19 heavy (non-hydrogen) atoms. The molecule has 2 aliphatic heterocycles. The van der Waals surface area contributed by atoms with E-state index in [0.29, 0.717) is 5.28 Å². The third-order valence-corrected chi connectivity index (χ3v) is 4.86. The average molecular weight is 282 g/mol. The molecule has 1 aromatic rings. The zero-order valence-corrected chi connectivity index (χ0v) is 12.6. The van der Waals surface area contributed by atoms with Gasteiger partial charge in [0, 0.05) is 18.8 Å². The van der Waals surface area contributed by atoms with Gasteiger partial charge in [-0.2, -0.15) is 0 Å². The lowest BCUT2D eigenvalue weighted by molar-refractivity contribution is 0.271. The van der Waals surface area contributed by atoms with Crippen molar-refractivity contribution in [2.75, 3.05) is 13.1 Å². The SMILES string of the molecule is CC1CCn2c(Cl)nc(CN3CCCCCC3)c2C1. The number of halogens is 1. The third kappa shape index (κ3) is 2.97. The molecule has 0 N–H and O–H groups in total. The Balaban J connectivity index is 1.77. The zero-order chi connectivity index (χ0) is 13.2. The molecule has 1 atom stereocenters. The van der Waals surface area contributed by atoms with E-state index in [4.69, 9.17) is 11.6 Å². The fourth-order valence-corrected chi connectivity index (χ4v) is 3.66. The van der Waals surface area contributed by atoms with E-state index in [1.807, 2.05) is 0 Å². The van der Waals surface area contributed by atoms with Crippen LogP contribution in [0.2, 0.25) is 5.28 Å². The predicted molar refractivity (Wildman–Crippen MR) is 78.5 cm³/mol. The second-order valence-electron chi connectivity index (χ2n) is 6.21. The summed E-state index contributed by atoms with van der Waals surface area (Å²) in [6.07, 6.45) is 7.81. The molecule has 0 aromatic carbocycles. The average Bonchev–Trinajstić information content (AvgIpc) is 2.58. The summed E-state index contributed by atoms with van der Waals surface area (Å²) in [4.78, 5) is 7.20. The molecule has 0 spiro atoms. The highest BCUT2D eigenvalue weighted by Gasteiger charge is 2.23. The summed E-state index contributed by atoms with van der Waals surface area (Å²) in [6.45, 7) is 6.82. The lowest BCUT2D eigenvalue weighted by Crippen LogP contribution is -2.26. The lowest BCUT2D eigenvalue weighted by Gasteiger charge is -2.23. The summed E-state index contributed by atoms with van der Waals surface area (Å²) < 4.78 is 2.23. The minimum absolute atomic E-state index is 0.701. The topological polar surface area (TPSA) is 21.1 Å². The van der Waals surface area contributed by atoms with E-state index >= 15 is 0 Å². The van der Waals surface area contributed by atoms with E-state index in [2.05, 4.69) is 21.4 Å². The molecule has 0 aliphatic carbocycles. The molecule has 2 aliphatic rings. The maximum absolute atomic E-state index is 6.29. The van der Waals surface area contributed by atoms with Crippen molar-refractivity contribution in [2.24, 2.45) is 5.92 Å². The van der Waals surface area contributed by atoms with Crippen LogP contribution in [-0.2, 0) is 19.5 Å². The minimum Gasteiger partial charge on any atom is -0.319 e. The number of hydrogen-bond donors (Lipinski definition) is 0. The third-order valence-electron chi connectivity index (χ3n) is 4.57. The van der Waals surface area contributed by atoms with Gasteiger partial charge in [-0.3, -0.25) is 4.90 Å². The summed E-state index contributed by atoms with van der Waals surface area (Å²) in [6, 6.07) is 0. The van der Waals surface area contributed by atoms with Gasteiger partial charge >= 0.3 is 0 Å². The number of imidazole rings is 1. The quantitative estimate of drug-likeness (QED) is 0.827. The first kappa shape index (κ1) is 13.4. The Hall–Kier alpha value is -0.540. The van der Waals surface area contributed by atoms with E-state index in [1.165, 1.54) is 56.6 Å². The van der Waals surface area contributed by atoms with E-state index in [-0.39, 0.29) is 0 Å². The molecular formula is C15H24ClN3. The second kappa shape index (κ2) is 5.84. The van der Waals surface area contributed by atoms with Crippen molar-refractivity contribution < 1.29 is 0 Å². The van der Waals surface area contributed by atoms with Crippen LogP contribution in [0.5, 0.6) is 0 Å². The second-order valence-corrected chi connectivity index (χ2v) is 6.55. The Bertz CT molecular complexity index is 433. The molecule has 1 fully saturated rings. The van der Waals surface area contributed by atoms with Gasteiger partial charge in [-0.1, -0.05) is 19.8 Å². The molecule has 4 heteroatoms. The van der Waals surface area contributed by atoms with E-state index in [1.54, 1.807) is 0 Å². The predicted octanol–water partition coefficient (Wildman–Crippen LogP) is 3.49. The summed E-state index contributed by atoms with van der Waals surface area (Å²) in [5.41, 5.74) is 2.63. The molecule has 0 amide bonds. The lowest BCUT2D eigenvalue weighted by atomic mass is 9.97. The van der Waals surface area contributed by atoms with Gasteiger partial charge in [0.15, 0.2) is 0 Å².